The van der Waals surface area contributed by atoms with Crippen LogP contribution in [0.25, 0.3) is 11.1 Å². The largest absolute Gasteiger partial charge is 0.433 e. The lowest BCUT2D eigenvalue weighted by atomic mass is 10.1. The van der Waals surface area contributed by atoms with Crippen molar-refractivity contribution in [1.82, 2.24) is 9.97 Å². The van der Waals surface area contributed by atoms with E-state index in [1.54, 1.807) is 12.1 Å². The van der Waals surface area contributed by atoms with Crippen LogP contribution >= 0.6 is 0 Å². The number of hydrogen-bond donors (Lipinski definition) is 3. The van der Waals surface area contributed by atoms with Gasteiger partial charge in [-0.25, -0.2) is 4.98 Å². The van der Waals surface area contributed by atoms with E-state index in [2.05, 4.69) is 20.3 Å². The summed E-state index contributed by atoms with van der Waals surface area (Å²) in [5, 5.41) is 2.73. The van der Waals surface area contributed by atoms with Crippen molar-refractivity contribution in [2.24, 2.45) is 10.7 Å². The number of nitrogens with two attached hydrogens (primary N) is 1. The number of rotatable bonds is 3. The van der Waals surface area contributed by atoms with Crippen molar-refractivity contribution in [1.29, 1.82) is 0 Å². The van der Waals surface area contributed by atoms with Crippen LogP contribution in [0.5, 0.6) is 0 Å². The second kappa shape index (κ2) is 7.32. The molecule has 0 aliphatic rings. The number of guanidine groups is 1. The van der Waals surface area contributed by atoms with E-state index in [1.807, 2.05) is 42.5 Å². The van der Waals surface area contributed by atoms with Crippen molar-refractivity contribution in [3.05, 3.63) is 76.7 Å². The summed E-state index contributed by atoms with van der Waals surface area (Å²) in [5.41, 5.74) is 5.97. The highest BCUT2D eigenvalue weighted by Crippen LogP contribution is 2.27. The number of aromatic amines is 1. The van der Waals surface area contributed by atoms with E-state index in [-0.39, 0.29) is 5.96 Å². The number of H-pyrrole nitrogens is 1. The molecule has 3 rings (SSSR count). The van der Waals surface area contributed by atoms with Crippen LogP contribution in [-0.2, 0) is 6.18 Å². The highest BCUT2D eigenvalue weighted by Gasteiger charge is 2.33. The Balaban J connectivity index is 1.78. The minimum Gasteiger partial charge on any atom is -0.369 e. The van der Waals surface area contributed by atoms with Crippen LogP contribution in [0.2, 0.25) is 0 Å². The molecular formula is C18H14F3N5O. The van der Waals surface area contributed by atoms with Gasteiger partial charge in [0.2, 0.25) is 11.9 Å². The maximum Gasteiger partial charge on any atom is 0.433 e. The molecule has 0 aliphatic heterocycles. The number of aliphatic imine (C=N–C) groups is 1. The molecule has 0 amide bonds. The fourth-order valence-corrected chi connectivity index (χ4v) is 2.31. The predicted octanol–water partition coefficient (Wildman–Crippen LogP) is 3.51. The molecule has 138 valence electrons. The normalized spacial score (nSPS) is 12.0. The predicted molar refractivity (Wildman–Crippen MR) is 96.6 cm³/mol. The van der Waals surface area contributed by atoms with Gasteiger partial charge in [-0.1, -0.05) is 42.5 Å². The SMILES string of the molecule is N/C(=N\c1nc(C(F)(F)F)cc(=O)[nH]1)Nc1ccc(-c2ccccc2)cc1. The molecule has 1 heterocycles. The van der Waals surface area contributed by atoms with Gasteiger partial charge >= 0.3 is 6.18 Å². The Morgan fingerprint density at radius 3 is 2.30 bits per heavy atom. The molecule has 0 saturated carbocycles. The summed E-state index contributed by atoms with van der Waals surface area (Å²) in [6, 6.07) is 17.3. The number of anilines is 1. The number of nitrogens with one attached hydrogen (secondary N) is 2. The van der Waals surface area contributed by atoms with Gasteiger partial charge in [0.25, 0.3) is 5.56 Å². The Morgan fingerprint density at radius 2 is 1.67 bits per heavy atom. The second-order valence-electron chi connectivity index (χ2n) is 5.52. The summed E-state index contributed by atoms with van der Waals surface area (Å²) >= 11 is 0. The molecule has 9 heteroatoms. The standard InChI is InChI=1S/C18H14F3N5O/c19-18(20,21)14-10-15(27)25-17(24-14)26-16(22)23-13-8-6-12(7-9-13)11-4-2-1-3-5-11/h1-10H,(H4,22,23,24,25,26,27). The minimum absolute atomic E-state index is 0.218. The average molecular weight is 373 g/mol. The van der Waals surface area contributed by atoms with Crippen LogP contribution in [0, 0.1) is 0 Å². The van der Waals surface area contributed by atoms with E-state index in [9.17, 15) is 18.0 Å². The average Bonchev–Trinajstić information content (AvgIpc) is 2.62. The topological polar surface area (TPSA) is 96.2 Å². The monoisotopic (exact) mass is 373 g/mol. The van der Waals surface area contributed by atoms with Crippen LogP contribution in [0.3, 0.4) is 0 Å². The number of benzene rings is 2. The molecule has 0 spiro atoms. The number of halogens is 3. The van der Waals surface area contributed by atoms with Crippen molar-refractivity contribution in [3.63, 3.8) is 0 Å². The first-order valence-corrected chi connectivity index (χ1v) is 7.76. The van der Waals surface area contributed by atoms with Crippen LogP contribution < -0.4 is 16.6 Å². The molecule has 0 saturated heterocycles. The molecule has 0 atom stereocenters. The molecular weight excluding hydrogens is 359 g/mol. The Kier molecular flexibility index (Phi) is 4.93. The lowest BCUT2D eigenvalue weighted by Crippen LogP contribution is -2.23. The number of aromatic nitrogens is 2. The first kappa shape index (κ1) is 18.2. The van der Waals surface area contributed by atoms with Gasteiger partial charge in [0, 0.05) is 11.8 Å². The summed E-state index contributed by atoms with van der Waals surface area (Å²) in [5.74, 6) is -0.759. The summed E-state index contributed by atoms with van der Waals surface area (Å²) in [6.45, 7) is 0. The van der Waals surface area contributed by atoms with Crippen molar-refractivity contribution in [3.8, 4) is 11.1 Å². The molecule has 0 radical (unpaired) electrons. The molecule has 3 aromatic rings. The molecule has 27 heavy (non-hydrogen) atoms. The molecule has 6 nitrogen and oxygen atoms in total. The highest BCUT2D eigenvalue weighted by atomic mass is 19.4. The van der Waals surface area contributed by atoms with E-state index in [0.29, 0.717) is 11.8 Å². The third-order valence-corrected chi connectivity index (χ3v) is 3.51. The van der Waals surface area contributed by atoms with Crippen molar-refractivity contribution in [2.45, 2.75) is 6.18 Å². The molecule has 0 aliphatic carbocycles. The lowest BCUT2D eigenvalue weighted by molar-refractivity contribution is -0.141. The van der Waals surface area contributed by atoms with Crippen LogP contribution in [0.1, 0.15) is 5.69 Å². The molecule has 2 aromatic carbocycles. The molecule has 4 N–H and O–H groups in total. The number of nitrogens with zero attached hydrogens (tertiary/aromatic N) is 2. The van der Waals surface area contributed by atoms with Gasteiger partial charge in [0.1, 0.15) is 0 Å². The van der Waals surface area contributed by atoms with E-state index >= 15 is 0 Å². The first-order chi connectivity index (χ1) is 12.8. The van der Waals surface area contributed by atoms with Crippen LogP contribution in [0.15, 0.2) is 70.5 Å². The zero-order valence-electron chi connectivity index (χ0n) is 13.8. The van der Waals surface area contributed by atoms with Crippen LogP contribution in [0.4, 0.5) is 24.8 Å². The van der Waals surface area contributed by atoms with Gasteiger partial charge in [-0.3, -0.25) is 9.78 Å². The maximum absolute atomic E-state index is 12.7. The number of hydrogen-bond acceptors (Lipinski definition) is 3. The summed E-state index contributed by atoms with van der Waals surface area (Å²) in [6.07, 6.45) is -4.76. The van der Waals surface area contributed by atoms with Gasteiger partial charge in [-0.2, -0.15) is 18.2 Å². The van der Waals surface area contributed by atoms with Crippen molar-refractivity contribution < 1.29 is 13.2 Å². The zero-order valence-corrected chi connectivity index (χ0v) is 13.8. The van der Waals surface area contributed by atoms with Gasteiger partial charge in [-0.15, -0.1) is 0 Å². The van der Waals surface area contributed by atoms with Gasteiger partial charge < -0.3 is 11.1 Å². The van der Waals surface area contributed by atoms with Crippen molar-refractivity contribution >= 4 is 17.6 Å². The van der Waals surface area contributed by atoms with E-state index in [0.717, 1.165) is 11.1 Å². The number of alkyl halides is 3. The second-order valence-corrected chi connectivity index (χ2v) is 5.52. The zero-order chi connectivity index (χ0) is 19.4. The molecule has 0 unspecified atom stereocenters. The van der Waals surface area contributed by atoms with E-state index < -0.39 is 23.4 Å². The van der Waals surface area contributed by atoms with Crippen LogP contribution in [-0.4, -0.2) is 15.9 Å². The summed E-state index contributed by atoms with van der Waals surface area (Å²) < 4.78 is 38.1. The Bertz CT molecular complexity index is 1010. The Hall–Kier alpha value is -3.62. The molecule has 0 fully saturated rings. The Morgan fingerprint density at radius 1 is 1.04 bits per heavy atom. The van der Waals surface area contributed by atoms with E-state index in [1.165, 1.54) is 0 Å². The lowest BCUT2D eigenvalue weighted by Gasteiger charge is -2.08. The highest BCUT2D eigenvalue weighted by molar-refractivity contribution is 5.93. The van der Waals surface area contributed by atoms with Gasteiger partial charge in [0.05, 0.1) is 0 Å². The van der Waals surface area contributed by atoms with E-state index in [4.69, 9.17) is 5.73 Å². The third kappa shape index (κ3) is 4.72. The Labute approximate surface area is 151 Å². The smallest absolute Gasteiger partial charge is 0.369 e. The molecule has 0 bridgehead atoms. The third-order valence-electron chi connectivity index (χ3n) is 3.51. The quantitative estimate of drug-likeness (QED) is 0.483. The molecule has 1 aromatic heterocycles. The fourth-order valence-electron chi connectivity index (χ4n) is 2.31. The minimum atomic E-state index is -4.76. The maximum atomic E-state index is 12.7. The van der Waals surface area contributed by atoms with Gasteiger partial charge in [-0.05, 0) is 23.3 Å². The summed E-state index contributed by atoms with van der Waals surface area (Å²) in [4.78, 5) is 20.4. The summed E-state index contributed by atoms with van der Waals surface area (Å²) in [7, 11) is 0. The van der Waals surface area contributed by atoms with Gasteiger partial charge in [0.15, 0.2) is 5.69 Å². The first-order valence-electron chi connectivity index (χ1n) is 7.76. The fraction of sp³-hybridized carbons (Fsp3) is 0.0556. The van der Waals surface area contributed by atoms with Crippen molar-refractivity contribution in [2.75, 3.05) is 5.32 Å².